The van der Waals surface area contributed by atoms with Gasteiger partial charge in [0.25, 0.3) is 0 Å². The van der Waals surface area contributed by atoms with Crippen LogP contribution in [-0.2, 0) is 0 Å². The molecule has 0 aliphatic carbocycles. The fraction of sp³-hybridized carbons (Fsp3) is 1.00. The second kappa shape index (κ2) is 31.0. The van der Waals surface area contributed by atoms with Crippen LogP contribution >= 0.6 is 0 Å². The van der Waals surface area contributed by atoms with Crippen LogP contribution in [0.4, 0.5) is 0 Å². The lowest BCUT2D eigenvalue weighted by atomic mass is 9.89. The van der Waals surface area contributed by atoms with Gasteiger partial charge in [-0.1, -0.05) is 213 Å². The molecule has 0 aromatic heterocycles. The van der Waals surface area contributed by atoms with E-state index in [1.54, 1.807) is 0 Å². The molecule has 0 saturated heterocycles. The number of hydrogen-bond donors (Lipinski definition) is 0. The van der Waals surface area contributed by atoms with Gasteiger partial charge in [-0.15, -0.1) is 0 Å². The van der Waals surface area contributed by atoms with Crippen LogP contribution < -0.4 is 0 Å². The monoisotopic (exact) mass is 479 g/mol. The highest BCUT2D eigenvalue weighted by Gasteiger charge is 2.09. The van der Waals surface area contributed by atoms with E-state index in [0.29, 0.717) is 0 Å². The molecule has 0 unspecified atom stereocenters. The lowest BCUT2D eigenvalue weighted by Crippen LogP contribution is -2.01. The summed E-state index contributed by atoms with van der Waals surface area (Å²) in [6.45, 7) is 6.96. The topological polar surface area (TPSA) is 0 Å². The van der Waals surface area contributed by atoms with Crippen LogP contribution in [0.2, 0.25) is 0 Å². The molecule has 0 aliphatic heterocycles. The van der Waals surface area contributed by atoms with E-state index in [2.05, 4.69) is 20.8 Å². The molecule has 1 atom stereocenters. The summed E-state index contributed by atoms with van der Waals surface area (Å²) in [5, 5.41) is 0. The fourth-order valence-corrected chi connectivity index (χ4v) is 5.66. The summed E-state index contributed by atoms with van der Waals surface area (Å²) in [6.07, 6.45) is 44.3. The summed E-state index contributed by atoms with van der Waals surface area (Å²) < 4.78 is 0. The van der Waals surface area contributed by atoms with Crippen LogP contribution in [-0.4, -0.2) is 0 Å². The molecule has 0 N–H and O–H groups in total. The summed E-state index contributed by atoms with van der Waals surface area (Å²) in [5.74, 6) is 1.04. The Labute approximate surface area is 219 Å². The Morgan fingerprint density at radius 2 is 0.412 bits per heavy atom. The van der Waals surface area contributed by atoms with Crippen molar-refractivity contribution >= 4 is 0 Å². The molecular formula is C34H70. The largest absolute Gasteiger partial charge is 0.0654 e. The Balaban J connectivity index is 3.81. The first kappa shape index (κ1) is 34.0. The van der Waals surface area contributed by atoms with Crippen LogP contribution in [0, 0.1) is 5.92 Å². The number of rotatable bonds is 30. The van der Waals surface area contributed by atoms with Gasteiger partial charge in [-0.25, -0.2) is 0 Å². The van der Waals surface area contributed by atoms with Gasteiger partial charge in [0.05, 0.1) is 0 Å². The minimum Gasteiger partial charge on any atom is -0.0654 e. The van der Waals surface area contributed by atoms with E-state index in [-0.39, 0.29) is 0 Å². The predicted molar refractivity (Wildman–Crippen MR) is 159 cm³/mol. The standard InChI is InChI=1S/C34H70/c1-4-7-10-13-16-18-19-21-24-27-30-33-34(31-28-25-22-15-12-9-6-3)32-29-26-23-20-17-14-11-8-5-2/h34H,4-33H2,1-3H3/t34-/m0/s1. The molecule has 0 bridgehead atoms. The molecule has 0 aromatic carbocycles. The lowest BCUT2D eigenvalue weighted by molar-refractivity contribution is 0.365. The second-order valence-corrected chi connectivity index (χ2v) is 11.7. The van der Waals surface area contributed by atoms with Crippen molar-refractivity contribution in [3.8, 4) is 0 Å². The molecule has 0 amide bonds. The van der Waals surface area contributed by atoms with Gasteiger partial charge in [-0.2, -0.15) is 0 Å². The molecule has 0 nitrogen and oxygen atoms in total. The zero-order valence-electron chi connectivity index (χ0n) is 24.8. The molecule has 0 fully saturated rings. The quantitative estimate of drug-likeness (QED) is 0.0900. The maximum Gasteiger partial charge on any atom is -0.0414 e. The molecular weight excluding hydrogens is 408 g/mol. The highest BCUT2D eigenvalue weighted by atomic mass is 14.1. The van der Waals surface area contributed by atoms with Crippen molar-refractivity contribution < 1.29 is 0 Å². The van der Waals surface area contributed by atoms with Gasteiger partial charge >= 0.3 is 0 Å². The molecule has 0 rings (SSSR count). The average molecular weight is 479 g/mol. The van der Waals surface area contributed by atoms with E-state index in [9.17, 15) is 0 Å². The van der Waals surface area contributed by atoms with Crippen LogP contribution in [0.25, 0.3) is 0 Å². The van der Waals surface area contributed by atoms with Crippen molar-refractivity contribution in [2.75, 3.05) is 0 Å². The van der Waals surface area contributed by atoms with Crippen molar-refractivity contribution in [2.45, 2.75) is 213 Å². The maximum absolute atomic E-state index is 2.33. The zero-order chi connectivity index (χ0) is 24.8. The minimum absolute atomic E-state index is 1.04. The molecule has 0 spiro atoms. The van der Waals surface area contributed by atoms with Crippen LogP contribution in [0.1, 0.15) is 213 Å². The van der Waals surface area contributed by atoms with E-state index >= 15 is 0 Å². The summed E-state index contributed by atoms with van der Waals surface area (Å²) in [6, 6.07) is 0. The third-order valence-electron chi connectivity index (χ3n) is 8.15. The van der Waals surface area contributed by atoms with Gasteiger partial charge in [0, 0.05) is 0 Å². The van der Waals surface area contributed by atoms with Crippen LogP contribution in [0.3, 0.4) is 0 Å². The molecule has 0 aromatic rings. The first-order valence-corrected chi connectivity index (χ1v) is 16.8. The molecule has 0 heteroatoms. The van der Waals surface area contributed by atoms with E-state index in [0.717, 1.165) is 5.92 Å². The van der Waals surface area contributed by atoms with E-state index in [4.69, 9.17) is 0 Å². The Kier molecular flexibility index (Phi) is 31.0. The second-order valence-electron chi connectivity index (χ2n) is 11.7. The van der Waals surface area contributed by atoms with Crippen molar-refractivity contribution in [2.24, 2.45) is 5.92 Å². The number of hydrogen-bond acceptors (Lipinski definition) is 0. The highest BCUT2D eigenvalue weighted by Crippen LogP contribution is 2.25. The molecule has 0 radical (unpaired) electrons. The van der Waals surface area contributed by atoms with Crippen molar-refractivity contribution in [1.29, 1.82) is 0 Å². The van der Waals surface area contributed by atoms with Gasteiger partial charge < -0.3 is 0 Å². The zero-order valence-corrected chi connectivity index (χ0v) is 24.8. The summed E-state index contributed by atoms with van der Waals surface area (Å²) in [4.78, 5) is 0. The molecule has 0 heterocycles. The fourth-order valence-electron chi connectivity index (χ4n) is 5.66. The summed E-state index contributed by atoms with van der Waals surface area (Å²) >= 11 is 0. The highest BCUT2D eigenvalue weighted by molar-refractivity contribution is 4.62. The van der Waals surface area contributed by atoms with Gasteiger partial charge in [-0.3, -0.25) is 0 Å². The molecule has 34 heavy (non-hydrogen) atoms. The van der Waals surface area contributed by atoms with Crippen molar-refractivity contribution in [3.63, 3.8) is 0 Å². The number of unbranched alkanes of at least 4 members (excludes halogenated alkanes) is 24. The maximum atomic E-state index is 2.33. The third kappa shape index (κ3) is 28.2. The smallest absolute Gasteiger partial charge is 0.0414 e. The Hall–Kier alpha value is 0. The van der Waals surface area contributed by atoms with E-state index in [1.165, 1.54) is 193 Å². The van der Waals surface area contributed by atoms with Gasteiger partial charge in [-0.05, 0) is 5.92 Å². The SMILES string of the molecule is CCCCCCCCCCCCC[C@@H](CCCCCCCCC)CCCCCCCCCCC. The third-order valence-corrected chi connectivity index (χ3v) is 8.15. The normalized spacial score (nSPS) is 12.4. The minimum atomic E-state index is 1.04. The van der Waals surface area contributed by atoms with Gasteiger partial charge in [0.15, 0.2) is 0 Å². The molecule has 0 aliphatic rings. The van der Waals surface area contributed by atoms with Crippen LogP contribution in [0.15, 0.2) is 0 Å². The van der Waals surface area contributed by atoms with Crippen molar-refractivity contribution in [3.05, 3.63) is 0 Å². The molecule has 206 valence electrons. The van der Waals surface area contributed by atoms with E-state index < -0.39 is 0 Å². The van der Waals surface area contributed by atoms with Crippen LogP contribution in [0.5, 0.6) is 0 Å². The van der Waals surface area contributed by atoms with Gasteiger partial charge in [0.1, 0.15) is 0 Å². The summed E-state index contributed by atoms with van der Waals surface area (Å²) in [5.41, 5.74) is 0. The van der Waals surface area contributed by atoms with E-state index in [1.807, 2.05) is 0 Å². The Bertz CT molecular complexity index is 333. The first-order valence-electron chi connectivity index (χ1n) is 16.8. The Morgan fingerprint density at radius 3 is 0.618 bits per heavy atom. The van der Waals surface area contributed by atoms with Crippen molar-refractivity contribution in [1.82, 2.24) is 0 Å². The molecule has 0 saturated carbocycles. The predicted octanol–water partition coefficient (Wildman–Crippen LogP) is 13.4. The lowest BCUT2D eigenvalue weighted by Gasteiger charge is -2.17. The average Bonchev–Trinajstić information content (AvgIpc) is 2.85. The summed E-state index contributed by atoms with van der Waals surface area (Å²) in [7, 11) is 0. The van der Waals surface area contributed by atoms with Gasteiger partial charge in [0.2, 0.25) is 0 Å². The first-order chi connectivity index (χ1) is 16.8. The Morgan fingerprint density at radius 1 is 0.235 bits per heavy atom.